The van der Waals surface area contributed by atoms with E-state index in [0.29, 0.717) is 38.3 Å². The fourth-order valence-corrected chi connectivity index (χ4v) is 8.63. The minimum atomic E-state index is -1.05. The first-order chi connectivity index (χ1) is 21.6. The summed E-state index contributed by atoms with van der Waals surface area (Å²) in [6, 6.07) is 4.91. The highest BCUT2D eigenvalue weighted by atomic mass is 19.1. The van der Waals surface area contributed by atoms with Crippen molar-refractivity contribution in [2.75, 3.05) is 57.8 Å². The summed E-state index contributed by atoms with van der Waals surface area (Å²) in [6.45, 7) is 13.5. The lowest BCUT2D eigenvalue weighted by atomic mass is 9.80. The second-order valence-electron chi connectivity index (χ2n) is 13.3. The topological polar surface area (TPSA) is 69.4 Å². The molecule has 1 aromatic heterocycles. The Labute approximate surface area is 261 Å². The van der Waals surface area contributed by atoms with Crippen LogP contribution >= 0.6 is 0 Å². The number of carbonyl (C=O) groups excluding carboxylic acids is 1. The van der Waals surface area contributed by atoms with Crippen molar-refractivity contribution in [2.45, 2.75) is 68.4 Å². The SMILES string of the molecule is [C-]#[N+]C[C@H]1CN(c2nc(OC[C@@]34CCCN3C[C@H](F)C4)nc3c2CN(C)C2(CCc4cccc(F)c42)C3)CCN1C(=O)C(=C)F. The molecule has 3 saturated heterocycles. The molecule has 2 aromatic rings. The van der Waals surface area contributed by atoms with Gasteiger partial charge in [0.15, 0.2) is 5.83 Å². The number of anilines is 1. The van der Waals surface area contributed by atoms with E-state index in [9.17, 15) is 13.6 Å². The predicted octanol–water partition coefficient (Wildman–Crippen LogP) is 3.82. The van der Waals surface area contributed by atoms with E-state index in [2.05, 4.69) is 21.2 Å². The molecule has 1 spiro atoms. The van der Waals surface area contributed by atoms with Crippen LogP contribution in [0.4, 0.5) is 19.0 Å². The zero-order valence-electron chi connectivity index (χ0n) is 25.6. The molecule has 1 aliphatic carbocycles. The molecular formula is C33H38F3N7O2. The van der Waals surface area contributed by atoms with E-state index in [-0.39, 0.29) is 43.6 Å². The Morgan fingerprint density at radius 2 is 2.07 bits per heavy atom. The molecule has 0 N–H and O–H groups in total. The molecule has 5 aliphatic rings. The van der Waals surface area contributed by atoms with Gasteiger partial charge in [0.05, 0.1) is 16.8 Å². The van der Waals surface area contributed by atoms with Crippen molar-refractivity contribution in [2.24, 2.45) is 0 Å². The predicted molar refractivity (Wildman–Crippen MR) is 162 cm³/mol. The van der Waals surface area contributed by atoms with Crippen molar-refractivity contribution >= 4 is 11.7 Å². The second-order valence-corrected chi connectivity index (χ2v) is 13.3. The summed E-state index contributed by atoms with van der Waals surface area (Å²) in [5.41, 5.74) is 2.45. The Kier molecular flexibility index (Phi) is 7.52. The lowest BCUT2D eigenvalue weighted by molar-refractivity contribution is -0.131. The molecule has 4 atom stereocenters. The Morgan fingerprint density at radius 1 is 1.22 bits per heavy atom. The molecule has 238 valence electrons. The number of alkyl halides is 1. The number of nitrogens with zero attached hydrogens (tertiary/aromatic N) is 7. The van der Waals surface area contributed by atoms with Crippen LogP contribution in [0, 0.1) is 12.4 Å². The van der Waals surface area contributed by atoms with Gasteiger partial charge in [-0.3, -0.25) is 14.6 Å². The standard InChI is InChI=1S/C33H38F3N7O2/c1-21(34)30(44)43-13-12-41(18-24(43)16-37-2)29-25-19-40(3)33(10-8-22-6-4-7-26(36)28(22)33)15-27(25)38-31(39-29)45-20-32-9-5-11-42(32)17-23(35)14-32/h4,6-7,23-24H,1,5,8-20H2,3H3/t23-,24+,32+,33?/m1/s1. The molecule has 0 radical (unpaired) electrons. The fraction of sp³-hybridized carbons (Fsp3) is 0.576. The minimum Gasteiger partial charge on any atom is -0.461 e. The number of fused-ring (bicyclic) bond motifs is 4. The highest BCUT2D eigenvalue weighted by Gasteiger charge is 2.51. The number of piperazine rings is 1. The molecule has 1 amide bonds. The Balaban J connectivity index is 1.26. The Morgan fingerprint density at radius 3 is 2.87 bits per heavy atom. The molecule has 7 rings (SSSR count). The zero-order valence-corrected chi connectivity index (χ0v) is 25.6. The quantitative estimate of drug-likeness (QED) is 0.359. The van der Waals surface area contributed by atoms with Crippen LogP contribution in [0.2, 0.25) is 0 Å². The summed E-state index contributed by atoms with van der Waals surface area (Å²) in [4.78, 5) is 33.7. The zero-order chi connectivity index (χ0) is 31.5. The molecule has 1 unspecified atom stereocenters. The minimum absolute atomic E-state index is 0.00791. The largest absolute Gasteiger partial charge is 0.461 e. The maximum absolute atomic E-state index is 15.4. The number of hydrogen-bond acceptors (Lipinski definition) is 7. The van der Waals surface area contributed by atoms with Gasteiger partial charge in [0.25, 0.3) is 5.91 Å². The van der Waals surface area contributed by atoms with Crippen molar-refractivity contribution in [3.05, 3.63) is 70.2 Å². The molecule has 45 heavy (non-hydrogen) atoms. The summed E-state index contributed by atoms with van der Waals surface area (Å²) >= 11 is 0. The van der Waals surface area contributed by atoms with Crippen molar-refractivity contribution in [3.63, 3.8) is 0 Å². The monoisotopic (exact) mass is 621 g/mol. The summed E-state index contributed by atoms with van der Waals surface area (Å²) < 4.78 is 50.1. The van der Waals surface area contributed by atoms with Crippen molar-refractivity contribution in [1.29, 1.82) is 0 Å². The van der Waals surface area contributed by atoms with Gasteiger partial charge in [-0.2, -0.15) is 9.97 Å². The highest BCUT2D eigenvalue weighted by molar-refractivity contribution is 5.91. The van der Waals surface area contributed by atoms with Crippen LogP contribution < -0.4 is 9.64 Å². The number of likely N-dealkylation sites (N-methyl/N-ethyl adjacent to an activating group) is 1. The molecule has 3 fully saturated rings. The molecule has 12 heteroatoms. The maximum Gasteiger partial charge on any atom is 0.318 e. The van der Waals surface area contributed by atoms with Crippen molar-refractivity contribution in [1.82, 2.24) is 24.7 Å². The van der Waals surface area contributed by atoms with Gasteiger partial charge in [-0.25, -0.2) is 19.7 Å². The maximum atomic E-state index is 15.4. The lowest BCUT2D eigenvalue weighted by Crippen LogP contribution is -2.57. The van der Waals surface area contributed by atoms with Gasteiger partial charge in [0.1, 0.15) is 30.5 Å². The molecule has 4 aliphatic heterocycles. The molecule has 5 heterocycles. The number of ether oxygens (including phenoxy) is 1. The van der Waals surface area contributed by atoms with Gasteiger partial charge in [-0.05, 0) is 50.9 Å². The lowest BCUT2D eigenvalue weighted by Gasteiger charge is -2.46. The smallest absolute Gasteiger partial charge is 0.318 e. The number of carbonyl (C=O) groups is 1. The number of aromatic nitrogens is 2. The van der Waals surface area contributed by atoms with Crippen molar-refractivity contribution in [3.8, 4) is 6.01 Å². The van der Waals surface area contributed by atoms with Crippen LogP contribution in [0.5, 0.6) is 6.01 Å². The summed E-state index contributed by atoms with van der Waals surface area (Å²) in [5.74, 6) is -1.43. The first kappa shape index (κ1) is 30.0. The van der Waals surface area contributed by atoms with E-state index in [1.807, 2.05) is 18.0 Å². The molecule has 9 nitrogen and oxygen atoms in total. The van der Waals surface area contributed by atoms with E-state index < -0.39 is 29.5 Å². The number of rotatable bonds is 6. The number of benzene rings is 1. The van der Waals surface area contributed by atoms with Gasteiger partial charge in [0.2, 0.25) is 6.54 Å². The summed E-state index contributed by atoms with van der Waals surface area (Å²) in [6.07, 6.45) is 3.36. The second kappa shape index (κ2) is 11.3. The molecular weight excluding hydrogens is 583 g/mol. The number of aryl methyl sites for hydroxylation is 1. The first-order valence-electron chi connectivity index (χ1n) is 15.8. The van der Waals surface area contributed by atoms with Gasteiger partial charge in [-0.1, -0.05) is 18.7 Å². The van der Waals surface area contributed by atoms with E-state index >= 15 is 4.39 Å². The molecule has 1 aromatic carbocycles. The van der Waals surface area contributed by atoms with E-state index in [4.69, 9.17) is 21.3 Å². The third-order valence-electron chi connectivity index (χ3n) is 10.8. The van der Waals surface area contributed by atoms with Crippen LogP contribution in [0.1, 0.15) is 48.1 Å². The third kappa shape index (κ3) is 4.95. The van der Waals surface area contributed by atoms with Crippen molar-refractivity contribution < 1.29 is 22.7 Å². The normalized spacial score (nSPS) is 29.4. The summed E-state index contributed by atoms with van der Waals surface area (Å²) in [7, 11) is 2.01. The van der Waals surface area contributed by atoms with Gasteiger partial charge < -0.3 is 19.4 Å². The van der Waals surface area contributed by atoms with Crippen LogP contribution in [0.25, 0.3) is 4.85 Å². The molecule has 0 saturated carbocycles. The van der Waals surface area contributed by atoms with Crippen LogP contribution in [0.3, 0.4) is 0 Å². The van der Waals surface area contributed by atoms with E-state index in [0.717, 1.165) is 54.6 Å². The Hall–Kier alpha value is -3.69. The summed E-state index contributed by atoms with van der Waals surface area (Å²) in [5, 5.41) is 0. The highest BCUT2D eigenvalue weighted by Crippen LogP contribution is 2.49. The van der Waals surface area contributed by atoms with Crippen LogP contribution in [-0.2, 0) is 29.7 Å². The van der Waals surface area contributed by atoms with E-state index in [1.54, 1.807) is 6.07 Å². The molecule has 0 bridgehead atoms. The Bertz CT molecular complexity index is 1580. The number of amides is 1. The van der Waals surface area contributed by atoms with Crippen LogP contribution in [0.15, 0.2) is 30.6 Å². The van der Waals surface area contributed by atoms with Crippen LogP contribution in [-0.4, -0.2) is 101 Å². The average molecular weight is 622 g/mol. The van der Waals surface area contributed by atoms with Gasteiger partial charge in [0, 0.05) is 56.7 Å². The van der Waals surface area contributed by atoms with Gasteiger partial charge >= 0.3 is 6.01 Å². The van der Waals surface area contributed by atoms with Gasteiger partial charge in [-0.15, -0.1) is 0 Å². The van der Waals surface area contributed by atoms with E-state index in [1.165, 1.54) is 11.0 Å². The third-order valence-corrected chi connectivity index (χ3v) is 10.8. The first-order valence-corrected chi connectivity index (χ1v) is 15.8. The number of hydrogen-bond donors (Lipinski definition) is 0. The average Bonchev–Trinajstić information content (AvgIpc) is 3.67. The fourth-order valence-electron chi connectivity index (χ4n) is 8.63. The number of halogens is 3.